The van der Waals surface area contributed by atoms with Gasteiger partial charge >= 0.3 is 0 Å². The van der Waals surface area contributed by atoms with Crippen LogP contribution in [-0.2, 0) is 9.47 Å². The Bertz CT molecular complexity index is 5570. The molecule has 27 nitrogen and oxygen atoms in total. The molecule has 7 N–H and O–H groups in total. The summed E-state index contributed by atoms with van der Waals surface area (Å²) in [6.45, 7) is 14.4. The van der Waals surface area contributed by atoms with Crippen LogP contribution in [0.2, 0.25) is 0 Å². The van der Waals surface area contributed by atoms with E-state index in [4.69, 9.17) is 23.7 Å². The Morgan fingerprint density at radius 1 is 0.411 bits per heavy atom. The summed E-state index contributed by atoms with van der Waals surface area (Å²) >= 11 is 0. The number of benzene rings is 6. The van der Waals surface area contributed by atoms with E-state index in [0.717, 1.165) is 81.3 Å². The van der Waals surface area contributed by atoms with Crippen LogP contribution in [0.4, 0.5) is 72.2 Å². The number of nitrogens with zero attached hydrogens (tertiary/aromatic N) is 11. The number of ether oxygens (including phenoxy) is 5. The Kier molecular flexibility index (Phi) is 21.4. The molecule has 0 atom stereocenters. The third-order valence-corrected chi connectivity index (χ3v) is 19.5. The van der Waals surface area contributed by atoms with Gasteiger partial charge in [-0.05, 0) is 125 Å². The number of carbonyl (C=O) groups is 4. The highest BCUT2D eigenvalue weighted by atomic mass is 19.1. The number of likely N-dealkylation sites (tertiary alicyclic amines) is 3. The summed E-state index contributed by atoms with van der Waals surface area (Å²) in [6.07, 6.45) is 6.22. The molecule has 5 aliphatic rings. The van der Waals surface area contributed by atoms with Crippen molar-refractivity contribution in [3.8, 4) is 34.9 Å². The molecule has 576 valence electrons. The maximum absolute atomic E-state index is 15.3. The van der Waals surface area contributed by atoms with Gasteiger partial charge in [0, 0.05) is 158 Å². The number of fused-ring (bicyclic) bond motifs is 3. The van der Waals surface area contributed by atoms with Crippen LogP contribution in [-0.4, -0.2) is 182 Å². The van der Waals surface area contributed by atoms with Crippen molar-refractivity contribution in [3.63, 3.8) is 0 Å². The molecule has 0 saturated carbocycles. The fourth-order valence-electron chi connectivity index (χ4n) is 13.2. The van der Waals surface area contributed by atoms with Crippen molar-refractivity contribution in [1.29, 1.82) is 0 Å². The van der Waals surface area contributed by atoms with Crippen molar-refractivity contribution in [2.45, 2.75) is 40.0 Å². The monoisotopic (exact) mass is 1530 g/mol. The zero-order chi connectivity index (χ0) is 77.8. The Balaban J connectivity index is 0.000000133. The molecule has 17 rings (SSSR count). The van der Waals surface area contributed by atoms with Gasteiger partial charge in [-0.15, -0.1) is 0 Å². The molecule has 4 amide bonds. The molecule has 12 aromatic rings. The van der Waals surface area contributed by atoms with E-state index < -0.39 is 46.6 Å². The van der Waals surface area contributed by atoms with Gasteiger partial charge < -0.3 is 84.4 Å². The van der Waals surface area contributed by atoms with Crippen molar-refractivity contribution in [2.75, 3.05) is 125 Å². The number of nitrogens with one attached hydrogen (secondary N) is 7. The van der Waals surface area contributed by atoms with E-state index in [1.165, 1.54) is 37.9 Å². The third-order valence-electron chi connectivity index (χ3n) is 19.5. The molecule has 0 aliphatic carbocycles. The largest absolute Gasteiger partial charge is 0.435 e. The van der Waals surface area contributed by atoms with Crippen LogP contribution in [0.25, 0.3) is 32.7 Å². The van der Waals surface area contributed by atoms with Crippen molar-refractivity contribution in [2.24, 2.45) is 0 Å². The summed E-state index contributed by atoms with van der Waals surface area (Å²) in [6, 6.07) is 29.3. The summed E-state index contributed by atoms with van der Waals surface area (Å²) < 4.78 is 118. The molecule has 0 unspecified atom stereocenters. The van der Waals surface area contributed by atoms with Crippen LogP contribution < -0.4 is 45.3 Å². The van der Waals surface area contributed by atoms with Crippen LogP contribution in [0.15, 0.2) is 128 Å². The van der Waals surface area contributed by atoms with Gasteiger partial charge in [0.15, 0.2) is 69.6 Å². The average Bonchev–Trinajstić information content (AvgIpc) is 1.37. The van der Waals surface area contributed by atoms with Crippen molar-refractivity contribution >= 4 is 102 Å². The number of rotatable bonds is 18. The minimum atomic E-state index is -0.781. The van der Waals surface area contributed by atoms with E-state index in [2.05, 4.69) is 75.9 Å². The van der Waals surface area contributed by atoms with Crippen LogP contribution in [0, 0.1) is 55.7 Å². The van der Waals surface area contributed by atoms with Crippen LogP contribution in [0.3, 0.4) is 0 Å². The first-order valence-corrected chi connectivity index (χ1v) is 36.2. The van der Waals surface area contributed by atoms with Gasteiger partial charge in [-0.25, -0.2) is 56.2 Å². The number of hydrogen-bond donors (Lipinski definition) is 7. The second-order valence-electron chi connectivity index (χ2n) is 27.0. The molecule has 5 aliphatic heterocycles. The first kappa shape index (κ1) is 74.4. The first-order valence-electron chi connectivity index (χ1n) is 36.2. The lowest BCUT2D eigenvalue weighted by atomic mass is 10.1. The molecular weight excluding hydrogens is 1460 g/mol. The molecule has 112 heavy (non-hydrogen) atoms. The van der Waals surface area contributed by atoms with Gasteiger partial charge in [-0.3, -0.25) is 19.2 Å². The number of morpholine rings is 2. The summed E-state index contributed by atoms with van der Waals surface area (Å²) in [5.74, 6) is -6.79. The van der Waals surface area contributed by atoms with E-state index in [-0.39, 0.29) is 114 Å². The minimum Gasteiger partial charge on any atom is -0.435 e. The zero-order valence-corrected chi connectivity index (χ0v) is 61.0. The molecule has 33 heteroatoms. The summed E-state index contributed by atoms with van der Waals surface area (Å²) in [5.41, 5.74) is 6.50. The van der Waals surface area contributed by atoms with Gasteiger partial charge in [-0.2, -0.15) is 0 Å². The van der Waals surface area contributed by atoms with Gasteiger partial charge in [-0.1, -0.05) is 6.07 Å². The van der Waals surface area contributed by atoms with Crippen LogP contribution in [0.1, 0.15) is 77.8 Å². The molecular formula is C79H74F6N18O9. The van der Waals surface area contributed by atoms with E-state index in [1.807, 2.05) is 48.5 Å². The summed E-state index contributed by atoms with van der Waals surface area (Å²) in [4.78, 5) is 94.8. The van der Waals surface area contributed by atoms with Gasteiger partial charge in [0.05, 0.1) is 43.0 Å². The van der Waals surface area contributed by atoms with Gasteiger partial charge in [0.1, 0.15) is 35.7 Å². The predicted molar refractivity (Wildman–Crippen MR) is 405 cm³/mol. The Morgan fingerprint density at radius 3 is 1.11 bits per heavy atom. The number of halogens is 6. The van der Waals surface area contributed by atoms with Gasteiger partial charge in [0.25, 0.3) is 23.6 Å². The lowest BCUT2D eigenvalue weighted by Gasteiger charge is -2.31. The van der Waals surface area contributed by atoms with Crippen LogP contribution in [0.5, 0.6) is 34.9 Å². The topological polar surface area (TPSA) is 303 Å². The minimum absolute atomic E-state index is 0.0160. The zero-order valence-electron chi connectivity index (χ0n) is 61.0. The number of aryl methyl sites for hydroxylation is 3. The number of carbonyl (C=O) groups excluding carboxylic acids is 4. The number of aromatic amines is 3. The van der Waals surface area contributed by atoms with Crippen molar-refractivity contribution < 1.29 is 69.2 Å². The maximum atomic E-state index is 15.3. The van der Waals surface area contributed by atoms with Gasteiger partial charge in [0.2, 0.25) is 17.6 Å². The highest BCUT2D eigenvalue weighted by Crippen LogP contribution is 2.41. The summed E-state index contributed by atoms with van der Waals surface area (Å²) in [5, 5.41) is 12.1. The van der Waals surface area contributed by atoms with Crippen LogP contribution >= 0.6 is 0 Å². The second kappa shape index (κ2) is 32.3. The Hall–Kier alpha value is -13.0. The fourth-order valence-corrected chi connectivity index (χ4v) is 13.2. The van der Waals surface area contributed by atoms with E-state index in [9.17, 15) is 32.3 Å². The fraction of sp³-hybridized carbons (Fsp3) is 0.266. The number of aromatic nitrogens is 9. The molecule has 5 fully saturated rings. The molecule has 6 aromatic carbocycles. The molecule has 6 aromatic heterocycles. The highest BCUT2D eigenvalue weighted by molar-refractivity contribution is 6.04. The second-order valence-corrected chi connectivity index (χ2v) is 27.0. The first-order chi connectivity index (χ1) is 54.3. The van der Waals surface area contributed by atoms with Crippen molar-refractivity contribution in [3.05, 3.63) is 202 Å². The molecule has 0 radical (unpaired) electrons. The summed E-state index contributed by atoms with van der Waals surface area (Å²) in [7, 11) is 1.54. The lowest BCUT2D eigenvalue weighted by Crippen LogP contribution is -2.42. The Labute approximate surface area is 635 Å². The SMILES string of the molecule is CNC(=O)c1ccc(Nc2ncnc(Oc3cc(F)c4[nH]c(C)cc4c3F)c2C(=O)N2CCC2)cc1.Cc1cc2c(F)c(Oc3ncnc(Nc4ccc(N5CCOCC5)cc4)c3C(=O)N3CCC3)cc(F)c2[nH]1.Cc1cc2c(F)c(Oc3ncnc(Nc4cccc(N5CCOCC5)c4)c3C(=O)N3CCC3)cc(F)c2[nH]1. The number of amides is 4. The molecule has 5 saturated heterocycles. The van der Waals surface area contributed by atoms with E-state index in [1.54, 1.807) is 59.7 Å². The van der Waals surface area contributed by atoms with Crippen molar-refractivity contribution in [1.82, 2.24) is 64.9 Å². The Morgan fingerprint density at radius 2 is 0.759 bits per heavy atom. The normalized spacial score (nSPS) is 14.6. The molecule has 0 bridgehead atoms. The molecule has 11 heterocycles. The standard InChI is InChI=1S/2C27H26F2N6O3.C25H22F2N6O3/c1-16-13-19-23(29)21(14-20(28)24(19)32-16)38-26-22(27(36)35-7-2-8-35)25(30-15-31-26)33-17-3-5-18(6-4-17)34-9-11-37-12-10-34;1-16-12-19-23(29)21(14-20(28)24(19)32-16)38-26-22(27(36)35-6-3-7-35)25(30-15-31-26)33-17-4-2-5-18(13-17)34-8-10-37-11-9-34;1-13-10-16-20(27)18(11-17(26)21(16)31-13)36-24-19(25(35)33-8-3-9-33)22(29-12-30-24)32-15-6-4-14(5-7-15)23(34)28-2/h3-6,13-15,32H,2,7-12H2,1H3,(H,30,31,33);2,4-5,12-15,32H,3,6-11H2,1H3,(H,30,31,33);4-7,10-12,31H,3,8-9H2,1-2H3,(H,28,34)(H,29,30,32). The number of H-pyrrole nitrogens is 3. The smallest absolute Gasteiger partial charge is 0.263 e. The maximum Gasteiger partial charge on any atom is 0.263 e. The molecule has 0 spiro atoms. The predicted octanol–water partition coefficient (Wildman–Crippen LogP) is 13.8. The van der Waals surface area contributed by atoms with E-state index in [0.29, 0.717) is 105 Å². The highest BCUT2D eigenvalue weighted by Gasteiger charge is 2.35. The quantitative estimate of drug-likeness (QED) is 0.0393. The lowest BCUT2D eigenvalue weighted by molar-refractivity contribution is 0.0641. The van der Waals surface area contributed by atoms with E-state index >= 15 is 13.2 Å². The number of anilines is 8. The third kappa shape index (κ3) is 15.6. The number of hydrogen-bond acceptors (Lipinski definition) is 20. The average molecular weight is 1530 g/mol.